The number of likely N-dealkylation sites (tertiary alicyclic amines) is 1. The van der Waals surface area contributed by atoms with E-state index in [4.69, 9.17) is 14.5 Å². The maximum absolute atomic E-state index is 12.8. The fraction of sp³-hybridized carbons (Fsp3) is 0.458. The van der Waals surface area contributed by atoms with Gasteiger partial charge >= 0.3 is 5.97 Å². The molecule has 0 radical (unpaired) electrons. The lowest BCUT2D eigenvalue weighted by molar-refractivity contribution is -0.0105. The van der Waals surface area contributed by atoms with Crippen molar-refractivity contribution in [2.75, 3.05) is 19.7 Å². The first-order valence-corrected chi connectivity index (χ1v) is 11.9. The molecule has 1 aliphatic heterocycles. The third kappa shape index (κ3) is 4.77. The zero-order valence-electron chi connectivity index (χ0n) is 18.7. The van der Waals surface area contributed by atoms with Crippen LogP contribution in [0.4, 0.5) is 0 Å². The number of benzene rings is 1. The molecule has 1 atom stereocenters. The second-order valence-electron chi connectivity index (χ2n) is 8.12. The number of aryl methyl sites for hydroxylation is 1. The second kappa shape index (κ2) is 9.94. The van der Waals surface area contributed by atoms with Gasteiger partial charge in [0.15, 0.2) is 0 Å². The number of aromatic amines is 1. The number of nitrogens with zero attached hydrogens (tertiary/aromatic N) is 2. The molecule has 0 saturated carbocycles. The smallest absolute Gasteiger partial charge is 0.348 e. The van der Waals surface area contributed by atoms with Crippen molar-refractivity contribution in [3.8, 4) is 0 Å². The van der Waals surface area contributed by atoms with E-state index in [2.05, 4.69) is 28.9 Å². The summed E-state index contributed by atoms with van der Waals surface area (Å²) in [6.45, 7) is 8.27. The molecule has 0 aliphatic carbocycles. The van der Waals surface area contributed by atoms with Gasteiger partial charge in [0.25, 0.3) is 5.56 Å². The number of aromatic nitrogens is 2. The Kier molecular flexibility index (Phi) is 7.03. The highest BCUT2D eigenvalue weighted by Crippen LogP contribution is 2.30. The van der Waals surface area contributed by atoms with Crippen LogP contribution in [0.2, 0.25) is 0 Å². The van der Waals surface area contributed by atoms with E-state index in [-0.39, 0.29) is 17.7 Å². The minimum atomic E-state index is -0.403. The Hall–Kier alpha value is -2.55. The Bertz CT molecular complexity index is 1130. The summed E-state index contributed by atoms with van der Waals surface area (Å²) in [6.07, 6.45) is 2.11. The van der Waals surface area contributed by atoms with Crippen molar-refractivity contribution >= 4 is 27.5 Å². The second-order valence-corrected chi connectivity index (χ2v) is 9.11. The van der Waals surface area contributed by atoms with Crippen LogP contribution in [0.5, 0.6) is 0 Å². The molecule has 0 spiro atoms. The van der Waals surface area contributed by atoms with Gasteiger partial charge in [-0.05, 0) is 44.7 Å². The molecule has 8 heteroatoms. The first kappa shape index (κ1) is 22.6. The van der Waals surface area contributed by atoms with Crippen LogP contribution < -0.4 is 5.56 Å². The number of fused-ring (bicyclic) bond motifs is 1. The molecule has 2 aromatic heterocycles. The van der Waals surface area contributed by atoms with E-state index in [0.29, 0.717) is 39.7 Å². The minimum absolute atomic E-state index is 0.0318. The molecule has 3 aromatic rings. The minimum Gasteiger partial charge on any atom is -0.462 e. The summed E-state index contributed by atoms with van der Waals surface area (Å²) >= 11 is 1.23. The fourth-order valence-corrected chi connectivity index (χ4v) is 5.22. The summed E-state index contributed by atoms with van der Waals surface area (Å²) in [5.41, 5.74) is 1.61. The van der Waals surface area contributed by atoms with E-state index in [9.17, 15) is 9.59 Å². The molecule has 1 unspecified atom stereocenters. The molecule has 4 rings (SSSR count). The molecular formula is C24H29N3O4S. The van der Waals surface area contributed by atoms with E-state index >= 15 is 0 Å². The molecule has 3 heterocycles. The van der Waals surface area contributed by atoms with Gasteiger partial charge in [-0.1, -0.05) is 30.3 Å². The highest BCUT2D eigenvalue weighted by Gasteiger charge is 2.27. The van der Waals surface area contributed by atoms with Crippen molar-refractivity contribution in [2.24, 2.45) is 0 Å². The maximum Gasteiger partial charge on any atom is 0.348 e. The van der Waals surface area contributed by atoms with Gasteiger partial charge in [-0.15, -0.1) is 11.3 Å². The molecule has 0 bridgehead atoms. The molecule has 1 N–H and O–H groups in total. The predicted molar refractivity (Wildman–Crippen MR) is 125 cm³/mol. The number of esters is 1. The lowest BCUT2D eigenvalue weighted by Gasteiger charge is -2.35. The number of carbonyl (C=O) groups excluding carboxylic acids is 1. The van der Waals surface area contributed by atoms with Crippen molar-refractivity contribution in [3.63, 3.8) is 0 Å². The van der Waals surface area contributed by atoms with E-state index in [1.807, 2.05) is 18.2 Å². The molecule has 1 aromatic carbocycles. The first-order chi connectivity index (χ1) is 15.5. The predicted octanol–water partition coefficient (Wildman–Crippen LogP) is 4.21. The van der Waals surface area contributed by atoms with Crippen molar-refractivity contribution in [1.82, 2.24) is 14.9 Å². The van der Waals surface area contributed by atoms with Gasteiger partial charge < -0.3 is 14.5 Å². The molecule has 170 valence electrons. The van der Waals surface area contributed by atoms with Crippen LogP contribution in [0.3, 0.4) is 0 Å². The molecule has 32 heavy (non-hydrogen) atoms. The van der Waals surface area contributed by atoms with Crippen molar-refractivity contribution in [3.05, 3.63) is 62.5 Å². The van der Waals surface area contributed by atoms with Crippen LogP contribution in [-0.4, -0.2) is 46.6 Å². The number of rotatable bonds is 7. The van der Waals surface area contributed by atoms with E-state index in [1.165, 1.54) is 16.9 Å². The average Bonchev–Trinajstić information content (AvgIpc) is 3.15. The number of H-pyrrole nitrogens is 1. The number of thiophene rings is 1. The number of piperidine rings is 1. The number of nitrogens with one attached hydrogen (secondary N) is 1. The number of ether oxygens (including phenoxy) is 2. The molecule has 7 nitrogen and oxygen atoms in total. The summed E-state index contributed by atoms with van der Waals surface area (Å²) < 4.78 is 11.2. The Morgan fingerprint density at radius 3 is 2.69 bits per heavy atom. The summed E-state index contributed by atoms with van der Waals surface area (Å²) in [7, 11) is 0. The standard InChI is InChI=1S/C24H29N3O4S/c1-4-30-24(29)20-15(2)19-22(28)25-21(26-23(19)32-20)16(3)27-12-10-18(11-13-27)31-14-17-8-6-5-7-9-17/h5-9,16,18H,4,10-14H2,1-3H3,(H,25,26,28). The van der Waals surface area contributed by atoms with Gasteiger partial charge in [0.1, 0.15) is 15.5 Å². The monoisotopic (exact) mass is 455 g/mol. The number of hydrogen-bond donors (Lipinski definition) is 1. The lowest BCUT2D eigenvalue weighted by atomic mass is 10.1. The van der Waals surface area contributed by atoms with Crippen LogP contribution in [-0.2, 0) is 16.1 Å². The van der Waals surface area contributed by atoms with E-state index in [0.717, 1.165) is 25.9 Å². The maximum atomic E-state index is 12.8. The van der Waals surface area contributed by atoms with Crippen LogP contribution in [0.15, 0.2) is 35.1 Å². The molecule has 0 amide bonds. The quantitative estimate of drug-likeness (QED) is 0.537. The van der Waals surface area contributed by atoms with Gasteiger partial charge in [0, 0.05) is 13.1 Å². The van der Waals surface area contributed by atoms with Gasteiger partial charge in [-0.25, -0.2) is 9.78 Å². The van der Waals surface area contributed by atoms with Crippen molar-refractivity contribution in [2.45, 2.75) is 52.4 Å². The van der Waals surface area contributed by atoms with Gasteiger partial charge in [0.05, 0.1) is 30.7 Å². The molecular weight excluding hydrogens is 426 g/mol. The summed E-state index contributed by atoms with van der Waals surface area (Å²) in [6, 6.07) is 10.2. The van der Waals surface area contributed by atoms with Crippen molar-refractivity contribution < 1.29 is 14.3 Å². The number of hydrogen-bond acceptors (Lipinski definition) is 7. The highest BCUT2D eigenvalue weighted by molar-refractivity contribution is 7.20. The summed E-state index contributed by atoms with van der Waals surface area (Å²) in [5, 5.41) is 0.474. The van der Waals surface area contributed by atoms with Crippen molar-refractivity contribution in [1.29, 1.82) is 0 Å². The van der Waals surface area contributed by atoms with Gasteiger partial charge in [-0.2, -0.15) is 0 Å². The third-order valence-corrected chi connectivity index (χ3v) is 7.19. The Balaban J connectivity index is 1.43. The SMILES string of the molecule is CCOC(=O)c1sc2nc(C(C)N3CCC(OCc4ccccc4)CC3)[nH]c(=O)c2c1C. The largest absolute Gasteiger partial charge is 0.462 e. The normalized spacial score (nSPS) is 16.3. The highest BCUT2D eigenvalue weighted by atomic mass is 32.1. The summed E-state index contributed by atoms with van der Waals surface area (Å²) in [5.74, 6) is 0.224. The lowest BCUT2D eigenvalue weighted by Crippen LogP contribution is -2.39. The Labute approximate surface area is 191 Å². The third-order valence-electron chi connectivity index (χ3n) is 6.03. The molecule has 1 saturated heterocycles. The van der Waals surface area contributed by atoms with Crippen LogP contribution in [0.25, 0.3) is 10.2 Å². The fourth-order valence-electron chi connectivity index (χ4n) is 4.14. The average molecular weight is 456 g/mol. The topological polar surface area (TPSA) is 84.5 Å². The Morgan fingerprint density at radius 2 is 2.00 bits per heavy atom. The van der Waals surface area contributed by atoms with Crippen LogP contribution in [0.1, 0.15) is 59.4 Å². The van der Waals surface area contributed by atoms with Crippen LogP contribution >= 0.6 is 11.3 Å². The Morgan fingerprint density at radius 1 is 1.28 bits per heavy atom. The first-order valence-electron chi connectivity index (χ1n) is 11.1. The van der Waals surface area contributed by atoms with Gasteiger partial charge in [0.2, 0.25) is 0 Å². The zero-order valence-corrected chi connectivity index (χ0v) is 19.5. The zero-order chi connectivity index (χ0) is 22.7. The molecule has 1 aliphatic rings. The number of carbonyl (C=O) groups is 1. The van der Waals surface area contributed by atoms with E-state index < -0.39 is 5.97 Å². The van der Waals surface area contributed by atoms with Gasteiger partial charge in [-0.3, -0.25) is 9.69 Å². The molecule has 1 fully saturated rings. The van der Waals surface area contributed by atoms with Crippen LogP contribution in [0, 0.1) is 6.92 Å². The summed E-state index contributed by atoms with van der Waals surface area (Å²) in [4.78, 5) is 36.0. The van der Waals surface area contributed by atoms with E-state index in [1.54, 1.807) is 13.8 Å².